The van der Waals surface area contributed by atoms with E-state index >= 15 is 0 Å². The van der Waals surface area contributed by atoms with Crippen LogP contribution in [0, 0.1) is 6.92 Å². The van der Waals surface area contributed by atoms with Crippen LogP contribution in [0.1, 0.15) is 5.56 Å². The minimum absolute atomic E-state index is 0.0197. The van der Waals surface area contributed by atoms with Crippen molar-refractivity contribution >= 4 is 21.5 Å². The Morgan fingerprint density at radius 1 is 1.40 bits per heavy atom. The lowest BCUT2D eigenvalue weighted by atomic mass is 10.2. The molecule has 0 aliphatic carbocycles. The number of nitrogen functional groups attached to an aromatic ring is 1. The Morgan fingerprint density at radius 3 is 2.65 bits per heavy atom. The maximum atomic E-state index is 12.4. The highest BCUT2D eigenvalue weighted by Gasteiger charge is 2.21. The van der Waals surface area contributed by atoms with Crippen molar-refractivity contribution in [3.63, 3.8) is 0 Å². The number of nitrogens with two attached hydrogens (primary N) is 1. The molecule has 108 valence electrons. The Labute approximate surface area is 117 Å². The van der Waals surface area contributed by atoms with E-state index in [4.69, 9.17) is 10.5 Å². The van der Waals surface area contributed by atoms with E-state index in [1.807, 2.05) is 0 Å². The van der Waals surface area contributed by atoms with Gasteiger partial charge in [0.05, 0.1) is 7.11 Å². The fourth-order valence-corrected chi connectivity index (χ4v) is 2.89. The number of sulfonamides is 1. The number of aryl methyl sites for hydroxylation is 2. The van der Waals surface area contributed by atoms with E-state index in [1.54, 1.807) is 32.3 Å². The summed E-state index contributed by atoms with van der Waals surface area (Å²) in [5.74, 6) is 0.467. The summed E-state index contributed by atoms with van der Waals surface area (Å²) in [6, 6.07) is 4.52. The van der Waals surface area contributed by atoms with Gasteiger partial charge in [-0.3, -0.25) is 9.40 Å². The molecule has 2 rings (SSSR count). The molecule has 0 saturated carbocycles. The molecular formula is C12H16N4O3S. The van der Waals surface area contributed by atoms with Gasteiger partial charge >= 0.3 is 0 Å². The number of anilines is 2. The molecule has 2 aromatic rings. The summed E-state index contributed by atoms with van der Waals surface area (Å²) in [5.41, 5.74) is 6.90. The maximum absolute atomic E-state index is 12.4. The summed E-state index contributed by atoms with van der Waals surface area (Å²) in [5, 5.41) is 3.97. The molecule has 0 aliphatic heterocycles. The normalized spacial score (nSPS) is 11.3. The number of benzene rings is 1. The molecule has 0 bridgehead atoms. The molecule has 0 fully saturated rings. The zero-order valence-corrected chi connectivity index (χ0v) is 12.2. The number of methoxy groups -OCH3 is 1. The van der Waals surface area contributed by atoms with E-state index in [9.17, 15) is 8.42 Å². The first-order valence-electron chi connectivity index (χ1n) is 5.80. The van der Waals surface area contributed by atoms with Gasteiger partial charge in [-0.2, -0.15) is 5.10 Å². The van der Waals surface area contributed by atoms with Crippen molar-refractivity contribution in [1.82, 2.24) is 9.78 Å². The molecule has 0 aliphatic rings. The number of aromatic nitrogens is 2. The van der Waals surface area contributed by atoms with E-state index in [2.05, 4.69) is 9.82 Å². The van der Waals surface area contributed by atoms with Gasteiger partial charge < -0.3 is 10.5 Å². The van der Waals surface area contributed by atoms with E-state index in [0.29, 0.717) is 5.69 Å². The molecule has 0 atom stereocenters. The quantitative estimate of drug-likeness (QED) is 0.824. The SMILES string of the molecule is COc1cc(C)c(N)cc1S(=O)(=O)Nc1ccn(C)n1. The third-order valence-electron chi connectivity index (χ3n) is 2.79. The molecular weight excluding hydrogens is 280 g/mol. The highest BCUT2D eigenvalue weighted by atomic mass is 32.2. The minimum atomic E-state index is -3.81. The van der Waals surface area contributed by atoms with Crippen LogP contribution in [0.3, 0.4) is 0 Å². The third kappa shape index (κ3) is 2.69. The maximum Gasteiger partial charge on any atom is 0.266 e. The lowest BCUT2D eigenvalue weighted by molar-refractivity contribution is 0.402. The van der Waals surface area contributed by atoms with Gasteiger partial charge in [-0.05, 0) is 24.6 Å². The average molecular weight is 296 g/mol. The molecule has 20 heavy (non-hydrogen) atoms. The average Bonchev–Trinajstić information content (AvgIpc) is 2.76. The van der Waals surface area contributed by atoms with Crippen molar-refractivity contribution in [2.75, 3.05) is 17.6 Å². The van der Waals surface area contributed by atoms with Crippen LogP contribution in [0.2, 0.25) is 0 Å². The first kappa shape index (κ1) is 14.2. The largest absolute Gasteiger partial charge is 0.495 e. The van der Waals surface area contributed by atoms with Crippen LogP contribution in [0.4, 0.5) is 11.5 Å². The highest BCUT2D eigenvalue weighted by molar-refractivity contribution is 7.92. The number of rotatable bonds is 4. The zero-order chi connectivity index (χ0) is 14.9. The second-order valence-corrected chi connectivity index (χ2v) is 5.99. The lowest BCUT2D eigenvalue weighted by Gasteiger charge is -2.12. The minimum Gasteiger partial charge on any atom is -0.495 e. The van der Waals surface area contributed by atoms with Gasteiger partial charge in [-0.1, -0.05) is 0 Å². The summed E-state index contributed by atoms with van der Waals surface area (Å²) in [7, 11) is -0.709. The smallest absolute Gasteiger partial charge is 0.266 e. The third-order valence-corrected chi connectivity index (χ3v) is 4.17. The molecule has 0 saturated heterocycles. The number of ether oxygens (including phenoxy) is 1. The molecule has 0 spiro atoms. The van der Waals surface area contributed by atoms with Crippen LogP contribution in [-0.2, 0) is 17.1 Å². The van der Waals surface area contributed by atoms with Gasteiger partial charge in [0.2, 0.25) is 0 Å². The predicted octanol–water partition coefficient (Wildman–Crippen LogP) is 1.12. The van der Waals surface area contributed by atoms with Gasteiger partial charge in [-0.25, -0.2) is 8.42 Å². The second kappa shape index (κ2) is 5.04. The second-order valence-electron chi connectivity index (χ2n) is 4.34. The Hall–Kier alpha value is -2.22. The van der Waals surface area contributed by atoms with Crippen molar-refractivity contribution in [1.29, 1.82) is 0 Å². The van der Waals surface area contributed by atoms with Crippen molar-refractivity contribution in [3.8, 4) is 5.75 Å². The van der Waals surface area contributed by atoms with Gasteiger partial charge in [0.15, 0.2) is 5.82 Å². The number of nitrogens with one attached hydrogen (secondary N) is 1. The van der Waals surface area contributed by atoms with Crippen LogP contribution >= 0.6 is 0 Å². The first-order chi connectivity index (χ1) is 9.33. The van der Waals surface area contributed by atoms with Crippen LogP contribution in [0.15, 0.2) is 29.3 Å². The molecule has 3 N–H and O–H groups in total. The molecule has 0 amide bonds. The van der Waals surface area contributed by atoms with Gasteiger partial charge in [-0.15, -0.1) is 0 Å². The fourth-order valence-electron chi connectivity index (χ4n) is 1.71. The Kier molecular flexibility index (Phi) is 3.58. The standard InChI is InChI=1S/C12H16N4O3S/c1-8-6-10(19-3)11(7-9(8)13)20(17,18)15-12-4-5-16(2)14-12/h4-7H,13H2,1-3H3,(H,14,15). The topological polar surface area (TPSA) is 99.2 Å². The van der Waals surface area contributed by atoms with E-state index < -0.39 is 10.0 Å². The molecule has 7 nitrogen and oxygen atoms in total. The van der Waals surface area contributed by atoms with Gasteiger partial charge in [0, 0.05) is 25.0 Å². The summed E-state index contributed by atoms with van der Waals surface area (Å²) < 4.78 is 33.7. The van der Waals surface area contributed by atoms with Crippen molar-refractivity contribution in [2.45, 2.75) is 11.8 Å². The van der Waals surface area contributed by atoms with Crippen molar-refractivity contribution in [3.05, 3.63) is 30.0 Å². The summed E-state index contributed by atoms with van der Waals surface area (Å²) in [4.78, 5) is -0.0197. The van der Waals surface area contributed by atoms with E-state index in [0.717, 1.165) is 5.56 Å². The Balaban J connectivity index is 2.46. The highest BCUT2D eigenvalue weighted by Crippen LogP contribution is 2.29. The van der Waals surface area contributed by atoms with Gasteiger partial charge in [0.25, 0.3) is 10.0 Å². The van der Waals surface area contributed by atoms with E-state index in [1.165, 1.54) is 17.9 Å². The molecule has 1 aromatic carbocycles. The van der Waals surface area contributed by atoms with Gasteiger partial charge in [0.1, 0.15) is 10.6 Å². The monoisotopic (exact) mass is 296 g/mol. The molecule has 1 aromatic heterocycles. The molecule has 0 unspecified atom stereocenters. The first-order valence-corrected chi connectivity index (χ1v) is 7.28. The van der Waals surface area contributed by atoms with Crippen LogP contribution in [-0.4, -0.2) is 25.3 Å². The number of hydrogen-bond acceptors (Lipinski definition) is 5. The predicted molar refractivity (Wildman–Crippen MR) is 76.2 cm³/mol. The van der Waals surface area contributed by atoms with Crippen LogP contribution in [0.5, 0.6) is 5.75 Å². The molecule has 1 heterocycles. The lowest BCUT2D eigenvalue weighted by Crippen LogP contribution is -2.15. The molecule has 0 radical (unpaired) electrons. The zero-order valence-electron chi connectivity index (χ0n) is 11.4. The fraction of sp³-hybridized carbons (Fsp3) is 0.250. The number of hydrogen-bond donors (Lipinski definition) is 2. The van der Waals surface area contributed by atoms with Crippen molar-refractivity contribution < 1.29 is 13.2 Å². The van der Waals surface area contributed by atoms with E-state index in [-0.39, 0.29) is 16.5 Å². The van der Waals surface area contributed by atoms with Crippen molar-refractivity contribution in [2.24, 2.45) is 7.05 Å². The Bertz CT molecular complexity index is 737. The van der Waals surface area contributed by atoms with Crippen LogP contribution < -0.4 is 15.2 Å². The summed E-state index contributed by atoms with van der Waals surface area (Å²) >= 11 is 0. The number of nitrogens with zero attached hydrogens (tertiary/aromatic N) is 2. The van der Waals surface area contributed by atoms with Crippen LogP contribution in [0.25, 0.3) is 0 Å². The Morgan fingerprint density at radius 2 is 2.10 bits per heavy atom. The molecule has 8 heteroatoms. The summed E-state index contributed by atoms with van der Waals surface area (Å²) in [6.45, 7) is 1.78. The summed E-state index contributed by atoms with van der Waals surface area (Å²) in [6.07, 6.45) is 1.64.